The van der Waals surface area contributed by atoms with E-state index in [1.807, 2.05) is 57.3 Å². The largest absolute Gasteiger partial charge is 0.495 e. The van der Waals surface area contributed by atoms with Crippen molar-refractivity contribution in [3.8, 4) is 5.75 Å². The van der Waals surface area contributed by atoms with Gasteiger partial charge in [-0.05, 0) is 136 Å². The molecule has 9 rings (SSSR count). The number of amides is 13. The number of urea groups is 1. The number of likely N-dealkylation sites (N-methyl/N-ethyl adjacent to an activating group) is 4. The van der Waals surface area contributed by atoms with Crippen LogP contribution >= 0.6 is 11.8 Å². The van der Waals surface area contributed by atoms with Crippen LogP contribution in [-0.4, -0.2) is 285 Å². The molecule has 0 bridgehead atoms. The molecule has 1 saturated carbocycles. The summed E-state index contributed by atoms with van der Waals surface area (Å²) in [5.74, 6) is -2.69. The standard InChI is InChI=1S/C97H143N17O17S/c1-18-62(8)85(76(129-16)56-80(117)113-47-28-33-74(113)87(130-17)63(9)90(120)100-64(10)86(119)66-29-21-19-22-30-66)109(13)95(125)83(60(4)5)105-93(123)84(61(6)7)110(14)97(127)131-58-65-36-40-68(41-37-65)101-91(121)72(31-27-45-99-96(98)126)103-92(122)82(59(2)3)104-78(115)35-23-20-26-46-114-81(118)57-77(94(114)124)132-54-44-79(116)108(12)49-48-107(11)69-42-43-71-70(55-69)89(106-88(102-71)67-38-39-67)112-52-50-111(51-53-112)73-32-24-25-34-75(73)128-15/h19,21-22,24-25,29-30,32,34,36-37,40-43,55,59-64,67,72,74,76-77,82-87,119H,18,20,23,26-28,31,33,35,38-39,44-54,56-58H2,1-17H3,(H,100,120)(H,101,121)(H,103,122)(H,104,115)(H,105,123)(H3,98,99,126)/t62-,63+,64+,72-,74-,76+,77?,82-,83-,84-,85-,86+,87+/m0/s1. The van der Waals surface area contributed by atoms with Crippen molar-refractivity contribution in [3.05, 3.63) is 114 Å². The van der Waals surface area contributed by atoms with Gasteiger partial charge in [0, 0.05) is 149 Å². The Morgan fingerprint density at radius 2 is 1.36 bits per heavy atom. The number of likely N-dealkylation sites (tertiary alicyclic amines) is 2. The summed E-state index contributed by atoms with van der Waals surface area (Å²) in [6.45, 7) is 22.7. The fourth-order valence-corrected chi connectivity index (χ4v) is 18.7. The first-order chi connectivity index (χ1) is 63.0. The second-order valence-corrected chi connectivity index (χ2v) is 37.9. The van der Waals surface area contributed by atoms with E-state index in [0.717, 1.165) is 78.7 Å². The molecule has 3 aliphatic heterocycles. The first kappa shape index (κ1) is 105. The number of imide groups is 1. The highest BCUT2D eigenvalue weighted by Crippen LogP contribution is 2.42. The van der Waals surface area contributed by atoms with Gasteiger partial charge in [0.15, 0.2) is 0 Å². The Morgan fingerprint density at radius 1 is 0.674 bits per heavy atom. The minimum Gasteiger partial charge on any atom is -0.495 e. The van der Waals surface area contributed by atoms with E-state index in [4.69, 9.17) is 34.6 Å². The topological polar surface area (TPSA) is 412 Å². The fraction of sp³-hybridized carbons (Fsp3) is 0.608. The molecule has 0 spiro atoms. The maximum Gasteiger partial charge on any atom is 0.410 e. The molecule has 4 heterocycles. The van der Waals surface area contributed by atoms with E-state index in [9.17, 15) is 62.6 Å². The van der Waals surface area contributed by atoms with Crippen LogP contribution in [0.1, 0.15) is 188 Å². The van der Waals surface area contributed by atoms with Crippen LogP contribution in [0.4, 0.5) is 32.5 Å². The second kappa shape index (κ2) is 50.3. The highest BCUT2D eigenvalue weighted by Gasteiger charge is 2.46. The molecule has 13 atom stereocenters. The molecule has 9 N–H and O–H groups in total. The summed E-state index contributed by atoms with van der Waals surface area (Å²) in [7, 11) is 11.6. The number of methoxy groups -OCH3 is 3. The van der Waals surface area contributed by atoms with Crippen molar-refractivity contribution in [2.75, 3.05) is 134 Å². The molecule has 4 aromatic carbocycles. The van der Waals surface area contributed by atoms with Crippen molar-refractivity contribution in [3.63, 3.8) is 0 Å². The lowest BCUT2D eigenvalue weighted by molar-refractivity contribution is -0.148. The predicted molar refractivity (Wildman–Crippen MR) is 510 cm³/mol. The monoisotopic (exact) mass is 1850 g/mol. The summed E-state index contributed by atoms with van der Waals surface area (Å²) in [6, 6.07) is 23.0. The van der Waals surface area contributed by atoms with Crippen LogP contribution in [0.25, 0.3) is 10.9 Å². The van der Waals surface area contributed by atoms with Crippen molar-refractivity contribution in [2.24, 2.45) is 35.3 Å². The number of ether oxygens (including phenoxy) is 4. The summed E-state index contributed by atoms with van der Waals surface area (Å²) < 4.78 is 23.5. The number of fused-ring (bicyclic) bond motifs is 1. The Kier molecular flexibility index (Phi) is 39.9. The first-order valence-electron chi connectivity index (χ1n) is 46.7. The lowest BCUT2D eigenvalue weighted by Gasteiger charge is -2.41. The molecule has 1 unspecified atom stereocenters. The van der Waals surface area contributed by atoms with Gasteiger partial charge in [-0.25, -0.2) is 19.6 Å². The Hall–Kier alpha value is -10.9. The number of rotatable bonds is 50. The van der Waals surface area contributed by atoms with Crippen molar-refractivity contribution >= 4 is 117 Å². The van der Waals surface area contributed by atoms with Gasteiger partial charge in [-0.15, -0.1) is 11.8 Å². The highest BCUT2D eigenvalue weighted by molar-refractivity contribution is 8.00. The van der Waals surface area contributed by atoms with Gasteiger partial charge in [0.1, 0.15) is 48.2 Å². The van der Waals surface area contributed by atoms with Gasteiger partial charge in [0.25, 0.3) is 0 Å². The summed E-state index contributed by atoms with van der Waals surface area (Å²) >= 11 is 1.31. The number of unbranched alkanes of at least 4 members (excludes halogenated alkanes) is 2. The molecule has 132 heavy (non-hydrogen) atoms. The predicted octanol–water partition coefficient (Wildman–Crippen LogP) is 9.15. The van der Waals surface area contributed by atoms with Gasteiger partial charge in [-0.2, -0.15) is 0 Å². The Labute approximate surface area is 782 Å². The molecule has 1 aromatic heterocycles. The van der Waals surface area contributed by atoms with E-state index in [1.165, 1.54) is 42.8 Å². The van der Waals surface area contributed by atoms with E-state index in [1.54, 1.807) is 128 Å². The zero-order valence-electron chi connectivity index (χ0n) is 80.2. The fourth-order valence-electron chi connectivity index (χ4n) is 17.6. The van der Waals surface area contributed by atoms with E-state index in [2.05, 4.69) is 70.9 Å². The number of aliphatic hydroxyl groups excluding tert-OH is 1. The van der Waals surface area contributed by atoms with Gasteiger partial charge in [0.05, 0.1) is 72.3 Å². The molecule has 4 fully saturated rings. The number of nitrogens with one attached hydrogen (secondary N) is 6. The molecular weight excluding hydrogens is 1710 g/mol. The van der Waals surface area contributed by atoms with Gasteiger partial charge >= 0.3 is 12.1 Å². The molecule has 13 amide bonds. The maximum atomic E-state index is 14.9. The number of para-hydroxylation sites is 2. The third-order valence-corrected chi connectivity index (χ3v) is 27.1. The first-order valence-corrected chi connectivity index (χ1v) is 47.8. The minimum absolute atomic E-state index is 0.0309. The number of thioether (sulfide) groups is 1. The third kappa shape index (κ3) is 28.6. The lowest BCUT2D eigenvalue weighted by Crippen LogP contribution is -2.60. The number of aromatic nitrogens is 2. The number of nitrogens with two attached hydrogens (primary N) is 1. The van der Waals surface area contributed by atoms with Crippen molar-refractivity contribution in [1.82, 2.24) is 61.1 Å². The maximum absolute atomic E-state index is 14.9. The van der Waals surface area contributed by atoms with E-state index in [-0.39, 0.29) is 93.7 Å². The zero-order chi connectivity index (χ0) is 96.3. The number of carbonyl (C=O) groups excluding carboxylic acids is 12. The molecule has 3 saturated heterocycles. The second-order valence-electron chi connectivity index (χ2n) is 36.6. The molecule has 1 aliphatic carbocycles. The van der Waals surface area contributed by atoms with Gasteiger partial charge in [-0.3, -0.25) is 57.7 Å². The van der Waals surface area contributed by atoms with Gasteiger partial charge in [0.2, 0.25) is 59.1 Å². The number of benzene rings is 4. The van der Waals surface area contributed by atoms with Crippen LogP contribution in [0, 0.1) is 29.6 Å². The van der Waals surface area contributed by atoms with Crippen molar-refractivity contribution < 1.29 is 81.6 Å². The Morgan fingerprint density at radius 3 is 2.00 bits per heavy atom. The van der Waals surface area contributed by atoms with Crippen LogP contribution < -0.4 is 57.1 Å². The molecular formula is C97H143N17O17S. The molecule has 0 radical (unpaired) electrons. The Bertz CT molecular complexity index is 4710. The van der Waals surface area contributed by atoms with Crippen LogP contribution in [0.5, 0.6) is 5.75 Å². The smallest absolute Gasteiger partial charge is 0.410 e. The zero-order valence-corrected chi connectivity index (χ0v) is 81.0. The SMILES string of the molecule is CC[C@H](C)[C@@H]([C@@H](CC(=O)N1CCC[C@H]1[C@H](OC)[C@@H](C)C(=O)N[C@H](C)[C@@H](O)c1ccccc1)OC)N(C)C(=O)[C@@H](NC(=O)[C@H](C(C)C)N(C)C(=O)OCc1ccc(NC(=O)[C@H](CCCNC(N)=O)NC(=O)[C@@H](NC(=O)CCCCCN2C(=O)CC(SCCC(=O)N(C)CCN(C)c3ccc4nc(C5CC5)nc(N5CCN(c6ccccc6OC)CC5)c4c3)C2=O)C(C)C)cc1)C(C)C. The lowest BCUT2D eigenvalue weighted by atomic mass is 9.89. The van der Waals surface area contributed by atoms with Crippen molar-refractivity contribution in [1.29, 1.82) is 0 Å². The van der Waals surface area contributed by atoms with E-state index >= 15 is 0 Å². The number of anilines is 4. The van der Waals surface area contributed by atoms with Crippen LogP contribution in [0.15, 0.2) is 97.1 Å². The molecule has 5 aromatic rings. The number of aliphatic hydroxyl groups is 1. The van der Waals surface area contributed by atoms with E-state index < -0.39 is 131 Å². The average Bonchev–Trinajstić information content (AvgIpc) is 1.30. The van der Waals surface area contributed by atoms with Gasteiger partial charge in [-0.1, -0.05) is 130 Å². The Balaban J connectivity index is 0.694. The van der Waals surface area contributed by atoms with Crippen LogP contribution in [-0.2, 0) is 68.8 Å². The number of primary amides is 1. The number of carbonyl (C=O) groups is 12. The summed E-state index contributed by atoms with van der Waals surface area (Å²) in [5.41, 5.74) is 9.79. The quantitative estimate of drug-likeness (QED) is 0.0133. The summed E-state index contributed by atoms with van der Waals surface area (Å²) in [4.78, 5) is 190. The molecule has 35 heteroatoms. The number of hydrogen-bond donors (Lipinski definition) is 8. The average molecular weight is 1850 g/mol. The van der Waals surface area contributed by atoms with Crippen molar-refractivity contribution in [2.45, 2.75) is 238 Å². The minimum atomic E-state index is -1.15. The summed E-state index contributed by atoms with van der Waals surface area (Å²) in [5, 5.41) is 28.2. The molecule has 4 aliphatic rings. The highest BCUT2D eigenvalue weighted by atomic mass is 32.2. The van der Waals surface area contributed by atoms with Crippen LogP contribution in [0.2, 0.25) is 0 Å². The number of piperazine rings is 1. The summed E-state index contributed by atoms with van der Waals surface area (Å²) in [6.07, 6.45) is 2.56. The third-order valence-electron chi connectivity index (χ3n) is 25.9. The van der Waals surface area contributed by atoms with E-state index in [0.29, 0.717) is 86.6 Å². The molecule has 724 valence electrons. The number of hydrogen-bond acceptors (Lipinski definition) is 23. The van der Waals surface area contributed by atoms with Gasteiger partial charge < -0.3 is 91.1 Å². The normalized spacial score (nSPS) is 17.7. The number of nitrogens with zero attached hydrogens (tertiary/aromatic N) is 10. The van der Waals surface area contributed by atoms with Crippen LogP contribution in [0.3, 0.4) is 0 Å². The molecule has 34 nitrogen and oxygen atoms in total.